The van der Waals surface area contributed by atoms with E-state index in [1.54, 1.807) is 0 Å². The Morgan fingerprint density at radius 3 is 2.66 bits per heavy atom. The van der Waals surface area contributed by atoms with E-state index in [-0.39, 0.29) is 12.1 Å². The summed E-state index contributed by atoms with van der Waals surface area (Å²) in [5.41, 5.74) is 1.06. The number of carbonyl (C=O) groups is 1. The van der Waals surface area contributed by atoms with Crippen LogP contribution in [0, 0.1) is 5.92 Å². The van der Waals surface area contributed by atoms with E-state index in [0.717, 1.165) is 62.6 Å². The average molecular weight is 404 g/mol. The van der Waals surface area contributed by atoms with Gasteiger partial charge in [0.1, 0.15) is 12.4 Å². The molecular weight excluding hydrogens is 366 g/mol. The molecule has 162 valence electrons. The van der Waals surface area contributed by atoms with Gasteiger partial charge in [-0.25, -0.2) is 4.79 Å². The molecule has 2 aliphatic heterocycles. The first kappa shape index (κ1) is 21.9. The van der Waals surface area contributed by atoms with E-state index in [2.05, 4.69) is 22.5 Å². The summed E-state index contributed by atoms with van der Waals surface area (Å²) in [6.07, 6.45) is 7.24. The van der Waals surface area contributed by atoms with Crippen molar-refractivity contribution in [1.29, 1.82) is 0 Å². The second kappa shape index (κ2) is 12.0. The topological polar surface area (TPSA) is 62.8 Å². The van der Waals surface area contributed by atoms with Crippen molar-refractivity contribution in [3.63, 3.8) is 0 Å². The maximum atomic E-state index is 12.0. The lowest BCUT2D eigenvalue weighted by Gasteiger charge is -2.30. The number of ether oxygens (including phenoxy) is 2. The van der Waals surface area contributed by atoms with E-state index in [0.29, 0.717) is 13.2 Å². The Morgan fingerprint density at radius 2 is 1.93 bits per heavy atom. The van der Waals surface area contributed by atoms with E-state index in [1.165, 1.54) is 25.9 Å². The Bertz CT molecular complexity index is 594. The smallest absolute Gasteiger partial charge is 0.315 e. The molecule has 2 N–H and O–H groups in total. The minimum absolute atomic E-state index is 0.101. The van der Waals surface area contributed by atoms with Crippen LogP contribution in [0.15, 0.2) is 24.3 Å². The van der Waals surface area contributed by atoms with Crippen LogP contribution in [0.25, 0.3) is 0 Å². The van der Waals surface area contributed by atoms with Crippen LogP contribution in [0.3, 0.4) is 0 Å². The van der Waals surface area contributed by atoms with E-state index in [4.69, 9.17) is 9.47 Å². The summed E-state index contributed by atoms with van der Waals surface area (Å²) in [6, 6.07) is 7.78. The van der Waals surface area contributed by atoms with Crippen molar-refractivity contribution >= 4 is 6.03 Å². The molecule has 0 bridgehead atoms. The number of urea groups is 1. The molecule has 6 heteroatoms. The molecule has 3 rings (SSSR count). The van der Waals surface area contributed by atoms with Crippen LogP contribution in [0.2, 0.25) is 0 Å². The number of amides is 2. The van der Waals surface area contributed by atoms with Gasteiger partial charge < -0.3 is 25.0 Å². The molecule has 29 heavy (non-hydrogen) atoms. The van der Waals surface area contributed by atoms with Gasteiger partial charge in [-0.1, -0.05) is 19.1 Å². The fraction of sp³-hybridized carbons (Fsp3) is 0.696. The summed E-state index contributed by atoms with van der Waals surface area (Å²) in [6.45, 7) is 8.65. The summed E-state index contributed by atoms with van der Waals surface area (Å²) in [5.74, 6) is 1.73. The van der Waals surface area contributed by atoms with Gasteiger partial charge in [0.05, 0.1) is 6.10 Å². The third kappa shape index (κ3) is 8.23. The maximum absolute atomic E-state index is 12.0. The third-order valence-electron chi connectivity index (χ3n) is 5.90. The second-order valence-electron chi connectivity index (χ2n) is 8.43. The van der Waals surface area contributed by atoms with Crippen LogP contribution in [0.4, 0.5) is 4.79 Å². The van der Waals surface area contributed by atoms with Gasteiger partial charge in [0.2, 0.25) is 0 Å². The molecule has 1 aromatic carbocycles. The molecule has 0 radical (unpaired) electrons. The molecule has 1 aromatic rings. The van der Waals surface area contributed by atoms with Crippen molar-refractivity contribution in [2.24, 2.45) is 5.92 Å². The van der Waals surface area contributed by atoms with Crippen molar-refractivity contribution < 1.29 is 14.3 Å². The normalized spacial score (nSPS) is 20.5. The standard InChI is InChI=1S/C23H37N3O3/c1-19-10-14-26(15-11-19)13-3-2-12-24-23(27)25-17-20-6-8-21(9-7-20)29-18-22-5-4-16-28-22/h6-9,19,22H,2-5,10-18H2,1H3,(H2,24,25,27)/t22-/m0/s1. The van der Waals surface area contributed by atoms with Crippen LogP contribution >= 0.6 is 0 Å². The number of carbonyl (C=O) groups excluding carboxylic acids is 1. The molecule has 2 heterocycles. The number of piperidine rings is 1. The average Bonchev–Trinajstić information content (AvgIpc) is 3.26. The fourth-order valence-corrected chi connectivity index (χ4v) is 3.86. The number of hydrogen-bond donors (Lipinski definition) is 2. The number of likely N-dealkylation sites (tertiary alicyclic amines) is 1. The molecule has 0 saturated carbocycles. The van der Waals surface area contributed by atoms with E-state index in [1.807, 2.05) is 24.3 Å². The van der Waals surface area contributed by atoms with Gasteiger partial charge >= 0.3 is 6.03 Å². The van der Waals surface area contributed by atoms with E-state index in [9.17, 15) is 4.79 Å². The number of nitrogens with zero attached hydrogens (tertiary/aromatic N) is 1. The Labute approximate surface area is 175 Å². The molecule has 6 nitrogen and oxygen atoms in total. The quantitative estimate of drug-likeness (QED) is 0.587. The predicted octanol–water partition coefficient (Wildman–Crippen LogP) is 3.56. The van der Waals surface area contributed by atoms with Crippen molar-refractivity contribution in [3.05, 3.63) is 29.8 Å². The second-order valence-corrected chi connectivity index (χ2v) is 8.43. The molecule has 0 spiro atoms. The van der Waals surface area contributed by atoms with Gasteiger partial charge in [0.25, 0.3) is 0 Å². The monoisotopic (exact) mass is 403 g/mol. The van der Waals surface area contributed by atoms with Gasteiger partial charge in [-0.05, 0) is 81.8 Å². The Balaban J connectivity index is 1.21. The zero-order valence-electron chi connectivity index (χ0n) is 17.8. The first-order valence-corrected chi connectivity index (χ1v) is 11.3. The van der Waals surface area contributed by atoms with Crippen molar-refractivity contribution in [2.45, 2.75) is 58.1 Å². The first-order valence-electron chi connectivity index (χ1n) is 11.3. The molecular formula is C23H37N3O3. The minimum atomic E-state index is -0.101. The van der Waals surface area contributed by atoms with E-state index < -0.39 is 0 Å². The Hall–Kier alpha value is -1.79. The molecule has 2 fully saturated rings. The lowest BCUT2D eigenvalue weighted by atomic mass is 9.99. The molecule has 0 aromatic heterocycles. The van der Waals surface area contributed by atoms with Gasteiger partial charge in [0, 0.05) is 19.7 Å². The molecule has 2 saturated heterocycles. The third-order valence-corrected chi connectivity index (χ3v) is 5.90. The highest BCUT2D eigenvalue weighted by Crippen LogP contribution is 2.17. The van der Waals surface area contributed by atoms with Crippen LogP contribution in [0.5, 0.6) is 5.75 Å². The van der Waals surface area contributed by atoms with E-state index >= 15 is 0 Å². The molecule has 2 aliphatic rings. The minimum Gasteiger partial charge on any atom is -0.491 e. The van der Waals surface area contributed by atoms with Crippen molar-refractivity contribution in [1.82, 2.24) is 15.5 Å². The summed E-state index contributed by atoms with van der Waals surface area (Å²) < 4.78 is 11.3. The zero-order chi connectivity index (χ0) is 20.3. The lowest BCUT2D eigenvalue weighted by Crippen LogP contribution is -2.36. The fourth-order valence-electron chi connectivity index (χ4n) is 3.86. The SMILES string of the molecule is CC1CCN(CCCCNC(=O)NCc2ccc(OC[C@@H]3CCCO3)cc2)CC1. The molecule has 1 atom stereocenters. The molecule has 0 aliphatic carbocycles. The highest BCUT2D eigenvalue weighted by atomic mass is 16.5. The van der Waals surface area contributed by atoms with Gasteiger partial charge in [-0.15, -0.1) is 0 Å². The number of hydrogen-bond acceptors (Lipinski definition) is 4. The summed E-state index contributed by atoms with van der Waals surface area (Å²) in [7, 11) is 0. The largest absolute Gasteiger partial charge is 0.491 e. The Morgan fingerprint density at radius 1 is 1.14 bits per heavy atom. The summed E-state index contributed by atoms with van der Waals surface area (Å²) in [5, 5.41) is 5.87. The first-order chi connectivity index (χ1) is 14.2. The zero-order valence-corrected chi connectivity index (χ0v) is 17.8. The lowest BCUT2D eigenvalue weighted by molar-refractivity contribution is 0.0679. The van der Waals surface area contributed by atoms with Crippen molar-refractivity contribution in [2.75, 3.05) is 39.4 Å². The van der Waals surface area contributed by atoms with Gasteiger partial charge in [-0.3, -0.25) is 0 Å². The Kier molecular flexibility index (Phi) is 9.09. The highest BCUT2D eigenvalue weighted by Gasteiger charge is 2.16. The number of benzene rings is 1. The number of rotatable bonds is 10. The maximum Gasteiger partial charge on any atom is 0.315 e. The summed E-state index contributed by atoms with van der Waals surface area (Å²) in [4.78, 5) is 14.5. The van der Waals surface area contributed by atoms with Crippen LogP contribution in [0.1, 0.15) is 51.0 Å². The van der Waals surface area contributed by atoms with Crippen molar-refractivity contribution in [3.8, 4) is 5.75 Å². The van der Waals surface area contributed by atoms with Crippen LogP contribution in [-0.4, -0.2) is 56.4 Å². The number of nitrogens with one attached hydrogen (secondary N) is 2. The highest BCUT2D eigenvalue weighted by molar-refractivity contribution is 5.73. The van der Waals surface area contributed by atoms with Gasteiger partial charge in [-0.2, -0.15) is 0 Å². The number of unbranched alkanes of at least 4 members (excludes halogenated alkanes) is 1. The summed E-state index contributed by atoms with van der Waals surface area (Å²) >= 11 is 0. The molecule has 2 amide bonds. The van der Waals surface area contributed by atoms with Crippen LogP contribution < -0.4 is 15.4 Å². The van der Waals surface area contributed by atoms with Gasteiger partial charge in [0.15, 0.2) is 0 Å². The molecule has 0 unspecified atom stereocenters. The predicted molar refractivity (Wildman–Crippen MR) is 115 cm³/mol. The van der Waals surface area contributed by atoms with Crippen LogP contribution in [-0.2, 0) is 11.3 Å².